The summed E-state index contributed by atoms with van der Waals surface area (Å²) in [6, 6.07) is 4.33. The van der Waals surface area contributed by atoms with E-state index in [0.717, 1.165) is 41.9 Å². The highest BCUT2D eigenvalue weighted by molar-refractivity contribution is 5.75. The van der Waals surface area contributed by atoms with Crippen LogP contribution in [-0.2, 0) is 12.0 Å². The first-order valence-electron chi connectivity index (χ1n) is 10.9. The summed E-state index contributed by atoms with van der Waals surface area (Å²) in [5.41, 5.74) is 1.94. The lowest BCUT2D eigenvalue weighted by Gasteiger charge is -2.36. The number of benzene rings is 1. The van der Waals surface area contributed by atoms with Crippen molar-refractivity contribution in [2.75, 3.05) is 13.7 Å². The third kappa shape index (κ3) is 3.08. The van der Waals surface area contributed by atoms with Crippen molar-refractivity contribution in [1.29, 1.82) is 0 Å². The molecule has 2 aliphatic heterocycles. The van der Waals surface area contributed by atoms with Crippen molar-refractivity contribution >= 4 is 6.03 Å². The lowest BCUT2D eigenvalue weighted by molar-refractivity contribution is 0.0819. The van der Waals surface area contributed by atoms with Crippen LogP contribution in [0.1, 0.15) is 56.1 Å². The number of ether oxygens (including phenoxy) is 2. The smallest absolute Gasteiger partial charge is 0.317 e. The Morgan fingerprint density at radius 3 is 2.93 bits per heavy atom. The molecule has 0 aromatic heterocycles. The number of hydrogen-bond acceptors (Lipinski definition) is 4. The SMILES string of the molecule is COc1ccc2c3c1O[C@H]1C[C@@H](O)C=C[C@@]31CCN(C(=O)NC1CCCCC1)C2. The van der Waals surface area contributed by atoms with Gasteiger partial charge >= 0.3 is 6.03 Å². The first-order valence-corrected chi connectivity index (χ1v) is 10.9. The summed E-state index contributed by atoms with van der Waals surface area (Å²) in [6.45, 7) is 1.23. The van der Waals surface area contributed by atoms with Crippen LogP contribution >= 0.6 is 0 Å². The highest BCUT2D eigenvalue weighted by atomic mass is 16.5. The summed E-state index contributed by atoms with van der Waals surface area (Å²) in [6.07, 6.45) is 10.6. The number of urea groups is 1. The van der Waals surface area contributed by atoms with Crippen LogP contribution in [-0.4, -0.2) is 47.9 Å². The molecule has 6 nitrogen and oxygen atoms in total. The Hall–Kier alpha value is -2.21. The second kappa shape index (κ2) is 7.24. The first kappa shape index (κ1) is 18.8. The molecular weight excluding hydrogens is 368 g/mol. The van der Waals surface area contributed by atoms with Crippen molar-refractivity contribution < 1.29 is 19.4 Å². The molecule has 156 valence electrons. The fourth-order valence-electron chi connectivity index (χ4n) is 5.62. The van der Waals surface area contributed by atoms with Crippen molar-refractivity contribution in [1.82, 2.24) is 10.2 Å². The molecule has 3 atom stereocenters. The Morgan fingerprint density at radius 2 is 2.14 bits per heavy atom. The topological polar surface area (TPSA) is 71.0 Å². The minimum Gasteiger partial charge on any atom is -0.493 e. The molecule has 1 spiro atoms. The number of carbonyl (C=O) groups is 1. The van der Waals surface area contributed by atoms with Crippen LogP contribution in [0.2, 0.25) is 0 Å². The third-order valence-corrected chi connectivity index (χ3v) is 7.18. The Bertz CT molecular complexity index is 832. The second-order valence-electron chi connectivity index (χ2n) is 8.90. The molecule has 2 heterocycles. The summed E-state index contributed by atoms with van der Waals surface area (Å²) in [7, 11) is 1.65. The number of hydrogen-bond donors (Lipinski definition) is 2. The molecule has 0 saturated heterocycles. The zero-order valence-electron chi connectivity index (χ0n) is 17.0. The van der Waals surface area contributed by atoms with Crippen molar-refractivity contribution in [2.24, 2.45) is 0 Å². The van der Waals surface area contributed by atoms with Crippen LogP contribution in [0, 0.1) is 0 Å². The van der Waals surface area contributed by atoms with E-state index >= 15 is 0 Å². The lowest BCUT2D eigenvalue weighted by Crippen LogP contribution is -2.47. The minimum absolute atomic E-state index is 0.0372. The van der Waals surface area contributed by atoms with Gasteiger partial charge in [0.2, 0.25) is 0 Å². The molecule has 2 aliphatic carbocycles. The molecule has 0 bridgehead atoms. The van der Waals surface area contributed by atoms with Crippen LogP contribution < -0.4 is 14.8 Å². The van der Waals surface area contributed by atoms with Gasteiger partial charge in [-0.3, -0.25) is 0 Å². The number of methoxy groups -OCH3 is 1. The van der Waals surface area contributed by atoms with Gasteiger partial charge in [-0.15, -0.1) is 0 Å². The van der Waals surface area contributed by atoms with Gasteiger partial charge in [-0.25, -0.2) is 4.79 Å². The van der Waals surface area contributed by atoms with Crippen LogP contribution in [0.25, 0.3) is 0 Å². The number of nitrogens with zero attached hydrogens (tertiary/aromatic N) is 1. The zero-order valence-corrected chi connectivity index (χ0v) is 17.0. The van der Waals surface area contributed by atoms with E-state index in [4.69, 9.17) is 9.47 Å². The van der Waals surface area contributed by atoms with Gasteiger partial charge in [-0.05, 0) is 30.9 Å². The number of aliphatic hydroxyl groups excluding tert-OH is 1. The van der Waals surface area contributed by atoms with E-state index in [-0.39, 0.29) is 17.6 Å². The summed E-state index contributed by atoms with van der Waals surface area (Å²) < 4.78 is 11.9. The average Bonchev–Trinajstić information content (AvgIpc) is 2.96. The molecule has 6 heteroatoms. The molecule has 4 aliphatic rings. The highest BCUT2D eigenvalue weighted by Crippen LogP contribution is 2.55. The summed E-state index contributed by atoms with van der Waals surface area (Å²) in [5.74, 6) is 1.50. The maximum absolute atomic E-state index is 13.1. The number of carbonyl (C=O) groups excluding carboxylic acids is 1. The number of amides is 2. The van der Waals surface area contributed by atoms with Gasteiger partial charge in [0.05, 0.1) is 18.6 Å². The number of nitrogens with one attached hydrogen (secondary N) is 1. The van der Waals surface area contributed by atoms with E-state index in [1.165, 1.54) is 19.3 Å². The van der Waals surface area contributed by atoms with Crippen molar-refractivity contribution in [2.45, 2.75) is 75.2 Å². The maximum atomic E-state index is 13.1. The Labute approximate surface area is 171 Å². The highest BCUT2D eigenvalue weighted by Gasteiger charge is 2.53. The largest absolute Gasteiger partial charge is 0.493 e. The molecular formula is C23H30N2O4. The normalized spacial score (nSPS) is 30.8. The van der Waals surface area contributed by atoms with Crippen molar-refractivity contribution in [3.8, 4) is 11.5 Å². The van der Waals surface area contributed by atoms with Gasteiger partial charge in [0, 0.05) is 31.1 Å². The van der Waals surface area contributed by atoms with Crippen LogP contribution in [0.5, 0.6) is 11.5 Å². The maximum Gasteiger partial charge on any atom is 0.317 e. The molecule has 0 radical (unpaired) electrons. The molecule has 1 aromatic carbocycles. The number of rotatable bonds is 2. The van der Waals surface area contributed by atoms with Crippen molar-refractivity contribution in [3.05, 3.63) is 35.4 Å². The van der Waals surface area contributed by atoms with E-state index in [1.807, 2.05) is 17.0 Å². The summed E-state index contributed by atoms with van der Waals surface area (Å²) in [4.78, 5) is 15.0. The standard InChI is InChI=1S/C23H30N2O4/c1-28-18-8-7-15-14-25(22(27)24-16-5-3-2-4-6-16)12-11-23-10-9-17(26)13-19(23)29-21(18)20(15)23/h7-10,16-17,19,26H,2-6,11-14H2,1H3,(H,24,27)/t17-,19-,23-/m0/s1. The van der Waals surface area contributed by atoms with E-state index in [9.17, 15) is 9.90 Å². The molecule has 2 N–H and O–H groups in total. The molecule has 1 fully saturated rings. The monoisotopic (exact) mass is 398 g/mol. The summed E-state index contributed by atoms with van der Waals surface area (Å²) >= 11 is 0. The quantitative estimate of drug-likeness (QED) is 0.750. The average molecular weight is 399 g/mol. The Balaban J connectivity index is 1.47. The van der Waals surface area contributed by atoms with Crippen LogP contribution in [0.4, 0.5) is 4.79 Å². The van der Waals surface area contributed by atoms with Crippen molar-refractivity contribution in [3.63, 3.8) is 0 Å². The lowest BCUT2D eigenvalue weighted by atomic mass is 9.69. The van der Waals surface area contributed by atoms with E-state index in [2.05, 4.69) is 17.5 Å². The first-order chi connectivity index (χ1) is 14.1. The third-order valence-electron chi connectivity index (χ3n) is 7.18. The van der Waals surface area contributed by atoms with Gasteiger partial charge in [0.15, 0.2) is 11.5 Å². The number of aliphatic hydroxyl groups is 1. The van der Waals surface area contributed by atoms with Crippen LogP contribution in [0.3, 0.4) is 0 Å². The predicted molar refractivity (Wildman–Crippen MR) is 109 cm³/mol. The van der Waals surface area contributed by atoms with E-state index in [1.54, 1.807) is 7.11 Å². The zero-order chi connectivity index (χ0) is 20.0. The fourth-order valence-corrected chi connectivity index (χ4v) is 5.62. The van der Waals surface area contributed by atoms with Gasteiger partial charge in [0.25, 0.3) is 0 Å². The van der Waals surface area contributed by atoms with Gasteiger partial charge < -0.3 is 24.8 Å². The van der Waals surface area contributed by atoms with Gasteiger partial charge in [-0.1, -0.05) is 37.5 Å². The van der Waals surface area contributed by atoms with Gasteiger partial charge in [0.1, 0.15) is 6.10 Å². The van der Waals surface area contributed by atoms with E-state index in [0.29, 0.717) is 25.6 Å². The fraction of sp³-hybridized carbons (Fsp3) is 0.609. The molecule has 2 amide bonds. The van der Waals surface area contributed by atoms with E-state index < -0.39 is 6.10 Å². The molecule has 1 aromatic rings. The summed E-state index contributed by atoms with van der Waals surface area (Å²) in [5, 5.41) is 13.4. The second-order valence-corrected chi connectivity index (χ2v) is 8.90. The minimum atomic E-state index is -0.497. The van der Waals surface area contributed by atoms with Gasteiger partial charge in [-0.2, -0.15) is 0 Å². The van der Waals surface area contributed by atoms with Crippen LogP contribution in [0.15, 0.2) is 24.3 Å². The Kier molecular flexibility index (Phi) is 4.69. The molecule has 0 unspecified atom stereocenters. The Morgan fingerprint density at radius 1 is 1.31 bits per heavy atom. The predicted octanol–water partition coefficient (Wildman–Crippen LogP) is 3.26. The molecule has 29 heavy (non-hydrogen) atoms. The molecule has 5 rings (SSSR count). The molecule has 1 saturated carbocycles.